The van der Waals surface area contributed by atoms with Gasteiger partial charge < -0.3 is 11.1 Å². The van der Waals surface area contributed by atoms with Gasteiger partial charge in [-0.05, 0) is 12.1 Å². The van der Waals surface area contributed by atoms with Crippen LogP contribution in [0.3, 0.4) is 0 Å². The summed E-state index contributed by atoms with van der Waals surface area (Å²) in [4.78, 5) is 4.02. The second-order valence-electron chi connectivity index (χ2n) is 2.91. The van der Waals surface area contributed by atoms with Crippen LogP contribution in [0.15, 0.2) is 30.3 Å². The Morgan fingerprint density at radius 1 is 1.29 bits per heavy atom. The lowest BCUT2D eigenvalue weighted by Gasteiger charge is -1.98. The van der Waals surface area contributed by atoms with E-state index < -0.39 is 0 Å². The van der Waals surface area contributed by atoms with E-state index in [2.05, 4.69) is 15.4 Å². The van der Waals surface area contributed by atoms with Gasteiger partial charge >= 0.3 is 0 Å². The van der Waals surface area contributed by atoms with Gasteiger partial charge in [0.2, 0.25) is 11.9 Å². The third-order valence-electron chi connectivity index (χ3n) is 1.83. The van der Waals surface area contributed by atoms with Crippen LogP contribution in [-0.4, -0.2) is 14.8 Å². The van der Waals surface area contributed by atoms with E-state index >= 15 is 0 Å². The van der Waals surface area contributed by atoms with Gasteiger partial charge in [-0.15, -0.1) is 5.10 Å². The summed E-state index contributed by atoms with van der Waals surface area (Å²) >= 11 is 0. The van der Waals surface area contributed by atoms with Crippen molar-refractivity contribution in [1.29, 1.82) is 0 Å². The number of nitrogens with zero attached hydrogens (tertiary/aromatic N) is 3. The highest BCUT2D eigenvalue weighted by molar-refractivity contribution is 5.53. The lowest BCUT2D eigenvalue weighted by atomic mass is 10.3. The molecular weight excluding hydrogens is 178 g/mol. The summed E-state index contributed by atoms with van der Waals surface area (Å²) in [6.07, 6.45) is 0. The molecule has 0 unspecified atom stereocenters. The van der Waals surface area contributed by atoms with Crippen LogP contribution < -0.4 is 11.1 Å². The minimum atomic E-state index is 0.392. The second-order valence-corrected chi connectivity index (χ2v) is 2.91. The highest BCUT2D eigenvalue weighted by atomic mass is 15.4. The molecular formula is C9H11N5. The van der Waals surface area contributed by atoms with Gasteiger partial charge in [-0.1, -0.05) is 18.2 Å². The molecule has 1 aromatic carbocycles. The average Bonchev–Trinajstić information content (AvgIpc) is 2.47. The molecule has 14 heavy (non-hydrogen) atoms. The van der Waals surface area contributed by atoms with E-state index in [1.54, 1.807) is 7.05 Å². The molecule has 0 aliphatic carbocycles. The molecule has 0 amide bonds. The molecule has 2 aromatic rings. The lowest BCUT2D eigenvalue weighted by Crippen LogP contribution is -1.97. The van der Waals surface area contributed by atoms with Crippen LogP contribution >= 0.6 is 0 Å². The number of anilines is 3. The molecule has 72 valence electrons. The number of aromatic nitrogens is 3. The fourth-order valence-corrected chi connectivity index (χ4v) is 1.10. The zero-order chi connectivity index (χ0) is 9.97. The molecule has 0 spiro atoms. The first-order chi connectivity index (χ1) is 6.75. The van der Waals surface area contributed by atoms with E-state index in [-0.39, 0.29) is 0 Å². The Kier molecular flexibility index (Phi) is 2.06. The van der Waals surface area contributed by atoms with Crippen molar-refractivity contribution in [2.24, 2.45) is 7.05 Å². The molecule has 5 nitrogen and oxygen atoms in total. The molecule has 2 rings (SSSR count). The van der Waals surface area contributed by atoms with E-state index in [1.807, 2.05) is 30.3 Å². The maximum atomic E-state index is 5.54. The van der Waals surface area contributed by atoms with Crippen LogP contribution in [0.5, 0.6) is 0 Å². The number of hydrogen-bond acceptors (Lipinski definition) is 4. The molecule has 1 heterocycles. The SMILES string of the molecule is Cn1nc(Nc2ccccc2)nc1N. The molecule has 0 saturated carbocycles. The Balaban J connectivity index is 2.19. The summed E-state index contributed by atoms with van der Waals surface area (Å²) in [5, 5.41) is 7.12. The highest BCUT2D eigenvalue weighted by Gasteiger charge is 2.02. The lowest BCUT2D eigenvalue weighted by molar-refractivity contribution is 0.781. The topological polar surface area (TPSA) is 68.8 Å². The summed E-state index contributed by atoms with van der Waals surface area (Å²) in [6, 6.07) is 9.70. The normalized spacial score (nSPS) is 10.1. The van der Waals surface area contributed by atoms with Gasteiger partial charge in [-0.25, -0.2) is 4.68 Å². The third-order valence-corrected chi connectivity index (χ3v) is 1.83. The van der Waals surface area contributed by atoms with Crippen molar-refractivity contribution < 1.29 is 0 Å². The molecule has 0 atom stereocenters. The van der Waals surface area contributed by atoms with E-state index in [4.69, 9.17) is 5.73 Å². The Hall–Kier alpha value is -2.04. The van der Waals surface area contributed by atoms with Gasteiger partial charge in [0.05, 0.1) is 0 Å². The summed E-state index contributed by atoms with van der Waals surface area (Å²) in [5.74, 6) is 0.902. The van der Waals surface area contributed by atoms with Crippen molar-refractivity contribution in [3.8, 4) is 0 Å². The third kappa shape index (κ3) is 1.66. The van der Waals surface area contributed by atoms with Gasteiger partial charge in [0.15, 0.2) is 0 Å². The number of nitrogens with two attached hydrogens (primary N) is 1. The summed E-state index contributed by atoms with van der Waals surface area (Å²) in [5.41, 5.74) is 6.49. The first-order valence-corrected chi connectivity index (χ1v) is 4.24. The first kappa shape index (κ1) is 8.55. The smallest absolute Gasteiger partial charge is 0.248 e. The molecule has 0 radical (unpaired) electrons. The van der Waals surface area contributed by atoms with E-state index in [0.717, 1.165) is 5.69 Å². The quantitative estimate of drug-likeness (QED) is 0.743. The number of rotatable bonds is 2. The van der Waals surface area contributed by atoms with Gasteiger partial charge in [0.25, 0.3) is 0 Å². The largest absolute Gasteiger partial charge is 0.368 e. The van der Waals surface area contributed by atoms with E-state index in [9.17, 15) is 0 Å². The maximum absolute atomic E-state index is 5.54. The predicted octanol–water partition coefficient (Wildman–Crippen LogP) is 1.14. The maximum Gasteiger partial charge on any atom is 0.248 e. The minimum Gasteiger partial charge on any atom is -0.368 e. The standard InChI is InChI=1S/C9H11N5/c1-14-8(10)12-9(13-14)11-7-5-3-2-4-6-7/h2-6H,1H3,(H3,10,11,12,13). The molecule has 0 fully saturated rings. The Morgan fingerprint density at radius 2 is 2.00 bits per heavy atom. The van der Waals surface area contributed by atoms with Crippen LogP contribution in [-0.2, 0) is 7.05 Å². The van der Waals surface area contributed by atoms with Crippen molar-refractivity contribution >= 4 is 17.6 Å². The molecule has 0 bridgehead atoms. The first-order valence-electron chi connectivity index (χ1n) is 4.24. The fourth-order valence-electron chi connectivity index (χ4n) is 1.10. The Labute approximate surface area is 81.6 Å². The molecule has 3 N–H and O–H groups in total. The van der Waals surface area contributed by atoms with Crippen molar-refractivity contribution in [3.63, 3.8) is 0 Å². The van der Waals surface area contributed by atoms with Gasteiger partial charge in [-0.3, -0.25) is 0 Å². The number of benzene rings is 1. The number of aryl methyl sites for hydroxylation is 1. The molecule has 0 aliphatic rings. The van der Waals surface area contributed by atoms with Crippen LogP contribution in [0.4, 0.5) is 17.6 Å². The molecule has 1 aromatic heterocycles. The van der Waals surface area contributed by atoms with Crippen molar-refractivity contribution in [3.05, 3.63) is 30.3 Å². The fraction of sp³-hybridized carbons (Fsp3) is 0.111. The van der Waals surface area contributed by atoms with Crippen molar-refractivity contribution in [2.45, 2.75) is 0 Å². The van der Waals surface area contributed by atoms with Crippen LogP contribution in [0.1, 0.15) is 0 Å². The van der Waals surface area contributed by atoms with Crippen LogP contribution in [0.25, 0.3) is 0 Å². The van der Waals surface area contributed by atoms with E-state index in [1.165, 1.54) is 4.68 Å². The molecule has 5 heteroatoms. The highest BCUT2D eigenvalue weighted by Crippen LogP contribution is 2.12. The number of nitrogens with one attached hydrogen (secondary N) is 1. The van der Waals surface area contributed by atoms with Gasteiger partial charge in [-0.2, -0.15) is 4.98 Å². The predicted molar refractivity (Wildman–Crippen MR) is 55.1 cm³/mol. The van der Waals surface area contributed by atoms with E-state index in [0.29, 0.717) is 11.9 Å². The number of para-hydroxylation sites is 1. The average molecular weight is 189 g/mol. The van der Waals surface area contributed by atoms with Crippen LogP contribution in [0, 0.1) is 0 Å². The zero-order valence-corrected chi connectivity index (χ0v) is 7.81. The minimum absolute atomic E-state index is 0.392. The van der Waals surface area contributed by atoms with Crippen molar-refractivity contribution in [1.82, 2.24) is 14.8 Å². The summed E-state index contributed by atoms with van der Waals surface area (Å²) in [6.45, 7) is 0. The van der Waals surface area contributed by atoms with Crippen LogP contribution in [0.2, 0.25) is 0 Å². The molecule has 0 aliphatic heterocycles. The zero-order valence-electron chi connectivity index (χ0n) is 7.81. The summed E-state index contributed by atoms with van der Waals surface area (Å²) < 4.78 is 1.52. The second kappa shape index (κ2) is 3.37. The van der Waals surface area contributed by atoms with Gasteiger partial charge in [0, 0.05) is 12.7 Å². The van der Waals surface area contributed by atoms with Gasteiger partial charge in [0.1, 0.15) is 0 Å². The number of nitrogen functional groups attached to an aromatic ring is 1. The number of hydrogen-bond donors (Lipinski definition) is 2. The van der Waals surface area contributed by atoms with Crippen molar-refractivity contribution in [2.75, 3.05) is 11.1 Å². The summed E-state index contributed by atoms with van der Waals surface area (Å²) in [7, 11) is 1.75. The molecule has 0 saturated heterocycles. The monoisotopic (exact) mass is 189 g/mol. The Morgan fingerprint density at radius 3 is 2.57 bits per heavy atom. The Bertz CT molecular complexity index is 401.